The second-order valence-corrected chi connectivity index (χ2v) is 7.90. The Morgan fingerprint density at radius 3 is 2.88 bits per heavy atom. The number of aryl methyl sites for hydroxylation is 1. The summed E-state index contributed by atoms with van der Waals surface area (Å²) in [6, 6.07) is 0.282. The Labute approximate surface area is 152 Å². The molecule has 8 nitrogen and oxygen atoms in total. The molecular weight excluding hydrogens is 332 g/mol. The molecule has 5 rings (SSSR count). The molecule has 2 aromatic heterocycles. The van der Waals surface area contributed by atoms with Crippen LogP contribution in [0.15, 0.2) is 16.9 Å². The van der Waals surface area contributed by atoms with Crippen LogP contribution in [0.25, 0.3) is 0 Å². The molecule has 26 heavy (non-hydrogen) atoms. The molecule has 0 bridgehead atoms. The highest BCUT2D eigenvalue weighted by Crippen LogP contribution is 2.37. The lowest BCUT2D eigenvalue weighted by atomic mass is 9.98. The molecule has 0 aromatic carbocycles. The summed E-state index contributed by atoms with van der Waals surface area (Å²) in [5, 5.41) is 8.28. The summed E-state index contributed by atoms with van der Waals surface area (Å²) in [7, 11) is 1.81. The van der Waals surface area contributed by atoms with Gasteiger partial charge in [0.15, 0.2) is 5.82 Å². The quantitative estimate of drug-likeness (QED) is 0.809. The monoisotopic (exact) mass is 356 g/mol. The van der Waals surface area contributed by atoms with Crippen molar-refractivity contribution in [3.8, 4) is 0 Å². The Morgan fingerprint density at radius 2 is 2.15 bits per heavy atom. The fourth-order valence-corrected chi connectivity index (χ4v) is 4.03. The highest BCUT2D eigenvalue weighted by Gasteiger charge is 2.38. The molecule has 138 valence electrons. The maximum absolute atomic E-state index is 12.4. The third kappa shape index (κ3) is 2.92. The van der Waals surface area contributed by atoms with Crippen molar-refractivity contribution in [3.05, 3.63) is 29.7 Å². The molecule has 1 aliphatic carbocycles. The molecule has 2 aliphatic heterocycles. The highest BCUT2D eigenvalue weighted by atomic mass is 16.5. The standard InChI is InChI=1S/C18H24N6O2/c1-22-9-13(7-19-22)18(25)24-10-14(11-24)16-20-17(26-21-16)15-3-2-6-23(15)8-12-4-5-12/h7,9,12,14-15H,2-6,8,10-11H2,1H3. The Kier molecular flexibility index (Phi) is 3.81. The summed E-state index contributed by atoms with van der Waals surface area (Å²) >= 11 is 0. The van der Waals surface area contributed by atoms with Crippen molar-refractivity contribution in [1.29, 1.82) is 0 Å². The summed E-state index contributed by atoms with van der Waals surface area (Å²) < 4.78 is 7.25. The van der Waals surface area contributed by atoms with E-state index in [4.69, 9.17) is 4.52 Å². The van der Waals surface area contributed by atoms with Gasteiger partial charge in [-0.15, -0.1) is 0 Å². The molecule has 4 heterocycles. The summed E-state index contributed by atoms with van der Waals surface area (Å²) in [5.74, 6) is 2.57. The first-order valence-corrected chi connectivity index (χ1v) is 9.53. The van der Waals surface area contributed by atoms with E-state index in [2.05, 4.69) is 20.1 Å². The second-order valence-electron chi connectivity index (χ2n) is 7.90. The van der Waals surface area contributed by atoms with Gasteiger partial charge in [-0.25, -0.2) is 0 Å². The summed E-state index contributed by atoms with van der Waals surface area (Å²) in [6.07, 6.45) is 8.38. The zero-order valence-electron chi connectivity index (χ0n) is 15.0. The van der Waals surface area contributed by atoms with E-state index in [0.717, 1.165) is 30.6 Å². The van der Waals surface area contributed by atoms with E-state index in [9.17, 15) is 4.79 Å². The lowest BCUT2D eigenvalue weighted by molar-refractivity contribution is 0.0592. The van der Waals surface area contributed by atoms with Crippen molar-refractivity contribution in [3.63, 3.8) is 0 Å². The molecule has 3 fully saturated rings. The first kappa shape index (κ1) is 16.0. The smallest absolute Gasteiger partial charge is 0.257 e. The minimum Gasteiger partial charge on any atom is -0.338 e. The number of carbonyl (C=O) groups excluding carboxylic acids is 1. The molecule has 2 aromatic rings. The Morgan fingerprint density at radius 1 is 1.31 bits per heavy atom. The molecule has 1 unspecified atom stereocenters. The first-order valence-electron chi connectivity index (χ1n) is 9.53. The van der Waals surface area contributed by atoms with Gasteiger partial charge in [-0.1, -0.05) is 5.16 Å². The molecule has 1 amide bonds. The van der Waals surface area contributed by atoms with Gasteiger partial charge in [0, 0.05) is 32.9 Å². The number of hydrogen-bond donors (Lipinski definition) is 0. The molecule has 0 N–H and O–H groups in total. The van der Waals surface area contributed by atoms with E-state index < -0.39 is 0 Å². The Balaban J connectivity index is 1.21. The number of carbonyl (C=O) groups is 1. The van der Waals surface area contributed by atoms with Gasteiger partial charge in [0.2, 0.25) is 5.89 Å². The van der Waals surface area contributed by atoms with Crippen LogP contribution in [0.1, 0.15) is 59.7 Å². The van der Waals surface area contributed by atoms with E-state index in [0.29, 0.717) is 18.7 Å². The number of amides is 1. The van der Waals surface area contributed by atoms with Crippen LogP contribution in [0.5, 0.6) is 0 Å². The van der Waals surface area contributed by atoms with Gasteiger partial charge in [0.05, 0.1) is 23.7 Å². The van der Waals surface area contributed by atoms with Crippen LogP contribution in [0.2, 0.25) is 0 Å². The van der Waals surface area contributed by atoms with Gasteiger partial charge in [0.25, 0.3) is 5.91 Å². The van der Waals surface area contributed by atoms with Crippen LogP contribution in [-0.2, 0) is 7.05 Å². The van der Waals surface area contributed by atoms with Crippen molar-refractivity contribution >= 4 is 5.91 Å². The molecule has 2 saturated heterocycles. The van der Waals surface area contributed by atoms with E-state index >= 15 is 0 Å². The molecule has 0 radical (unpaired) electrons. The number of aromatic nitrogens is 4. The molecule has 1 saturated carbocycles. The van der Waals surface area contributed by atoms with Gasteiger partial charge < -0.3 is 9.42 Å². The van der Waals surface area contributed by atoms with Crippen LogP contribution >= 0.6 is 0 Å². The first-order chi connectivity index (χ1) is 12.7. The van der Waals surface area contributed by atoms with E-state index in [1.165, 1.54) is 25.8 Å². The van der Waals surface area contributed by atoms with Gasteiger partial charge in [0.1, 0.15) is 0 Å². The average molecular weight is 356 g/mol. The summed E-state index contributed by atoms with van der Waals surface area (Å²) in [4.78, 5) is 21.4. The van der Waals surface area contributed by atoms with Crippen LogP contribution in [0.3, 0.4) is 0 Å². The van der Waals surface area contributed by atoms with E-state index in [1.807, 2.05) is 11.9 Å². The maximum Gasteiger partial charge on any atom is 0.257 e. The average Bonchev–Trinajstić information content (AvgIpc) is 2.99. The minimum absolute atomic E-state index is 0.0180. The fourth-order valence-electron chi connectivity index (χ4n) is 4.03. The van der Waals surface area contributed by atoms with Crippen molar-refractivity contribution in [1.82, 2.24) is 29.7 Å². The zero-order chi connectivity index (χ0) is 17.7. The van der Waals surface area contributed by atoms with Gasteiger partial charge in [-0.2, -0.15) is 10.1 Å². The second kappa shape index (κ2) is 6.19. The van der Waals surface area contributed by atoms with Crippen molar-refractivity contribution in [2.45, 2.75) is 37.6 Å². The third-order valence-corrected chi connectivity index (χ3v) is 5.78. The number of hydrogen-bond acceptors (Lipinski definition) is 6. The van der Waals surface area contributed by atoms with Crippen LogP contribution in [0, 0.1) is 5.92 Å². The molecule has 0 spiro atoms. The predicted octanol–water partition coefficient (Wildman–Crippen LogP) is 1.59. The van der Waals surface area contributed by atoms with E-state index in [-0.39, 0.29) is 17.9 Å². The predicted molar refractivity (Wildman–Crippen MR) is 92.4 cm³/mol. The third-order valence-electron chi connectivity index (χ3n) is 5.78. The van der Waals surface area contributed by atoms with Gasteiger partial charge >= 0.3 is 0 Å². The maximum atomic E-state index is 12.4. The largest absolute Gasteiger partial charge is 0.338 e. The number of nitrogens with zero attached hydrogens (tertiary/aromatic N) is 6. The normalized spacial score (nSPS) is 24.2. The lowest BCUT2D eigenvalue weighted by Gasteiger charge is -2.37. The summed E-state index contributed by atoms with van der Waals surface area (Å²) in [5.41, 5.74) is 0.626. The van der Waals surface area contributed by atoms with Crippen LogP contribution < -0.4 is 0 Å². The SMILES string of the molecule is Cn1cc(C(=O)N2CC(c3noc(C4CCCN4CC4CC4)n3)C2)cn1. The Hall–Kier alpha value is -2.22. The molecule has 1 atom stereocenters. The van der Waals surface area contributed by atoms with Crippen LogP contribution in [0.4, 0.5) is 0 Å². The Bertz CT molecular complexity index is 804. The molecule has 3 aliphatic rings. The van der Waals surface area contributed by atoms with Gasteiger partial charge in [-0.05, 0) is 38.1 Å². The molecular formula is C18H24N6O2. The van der Waals surface area contributed by atoms with Crippen molar-refractivity contribution < 1.29 is 9.32 Å². The number of likely N-dealkylation sites (tertiary alicyclic amines) is 2. The summed E-state index contributed by atoms with van der Waals surface area (Å²) in [6.45, 7) is 3.58. The van der Waals surface area contributed by atoms with Gasteiger partial charge in [-0.3, -0.25) is 14.4 Å². The van der Waals surface area contributed by atoms with Crippen molar-refractivity contribution in [2.75, 3.05) is 26.2 Å². The zero-order valence-corrected chi connectivity index (χ0v) is 15.0. The van der Waals surface area contributed by atoms with Crippen LogP contribution in [-0.4, -0.2) is 61.8 Å². The minimum atomic E-state index is 0.0180. The number of rotatable bonds is 5. The topological polar surface area (TPSA) is 80.3 Å². The van der Waals surface area contributed by atoms with Crippen molar-refractivity contribution in [2.24, 2.45) is 13.0 Å². The highest BCUT2D eigenvalue weighted by molar-refractivity contribution is 5.94. The lowest BCUT2D eigenvalue weighted by Crippen LogP contribution is -2.48. The fraction of sp³-hybridized carbons (Fsp3) is 0.667. The molecule has 8 heteroatoms. The van der Waals surface area contributed by atoms with E-state index in [1.54, 1.807) is 17.1 Å².